The van der Waals surface area contributed by atoms with Gasteiger partial charge in [-0.25, -0.2) is 8.78 Å². The highest BCUT2D eigenvalue weighted by atomic mass is 19.4. The van der Waals surface area contributed by atoms with E-state index in [0.717, 1.165) is 24.3 Å². The maximum Gasteiger partial charge on any atom is 0.418 e. The number of hydrazone groups is 1. The molecule has 2 nitrogen and oxygen atoms in total. The Hall–Kier alpha value is -2.44. The van der Waals surface area contributed by atoms with Crippen LogP contribution in [0.25, 0.3) is 0 Å². The lowest BCUT2D eigenvalue weighted by atomic mass is 10.1. The summed E-state index contributed by atoms with van der Waals surface area (Å²) < 4.78 is 65.1. The fourth-order valence-electron chi connectivity index (χ4n) is 1.81. The van der Waals surface area contributed by atoms with Crippen LogP contribution >= 0.6 is 0 Å². The Morgan fingerprint density at radius 1 is 1.05 bits per heavy atom. The zero-order chi connectivity index (χ0) is 16.3. The van der Waals surface area contributed by atoms with Crippen molar-refractivity contribution in [2.45, 2.75) is 13.1 Å². The molecule has 2 rings (SSSR count). The van der Waals surface area contributed by atoms with Crippen LogP contribution in [-0.4, -0.2) is 5.71 Å². The average molecular weight is 314 g/mol. The van der Waals surface area contributed by atoms with Gasteiger partial charge in [0.05, 0.1) is 17.0 Å². The Kier molecular flexibility index (Phi) is 4.44. The number of halogens is 5. The Bertz CT molecular complexity index is 707. The fraction of sp³-hybridized carbons (Fsp3) is 0.133. The lowest BCUT2D eigenvalue weighted by Crippen LogP contribution is -2.10. The van der Waals surface area contributed by atoms with Crippen LogP contribution in [0.2, 0.25) is 0 Å². The maximum atomic E-state index is 13.6. The van der Waals surface area contributed by atoms with Gasteiger partial charge in [-0.15, -0.1) is 0 Å². The van der Waals surface area contributed by atoms with Crippen molar-refractivity contribution in [3.05, 3.63) is 65.2 Å². The quantitative estimate of drug-likeness (QED) is 0.490. The summed E-state index contributed by atoms with van der Waals surface area (Å²) in [5.74, 6) is -1.38. The molecule has 0 bridgehead atoms. The highest BCUT2D eigenvalue weighted by Crippen LogP contribution is 2.34. The molecule has 0 aromatic heterocycles. The molecule has 0 spiro atoms. The van der Waals surface area contributed by atoms with Gasteiger partial charge in [-0.2, -0.15) is 18.3 Å². The first kappa shape index (κ1) is 15.9. The van der Waals surface area contributed by atoms with Gasteiger partial charge in [0.25, 0.3) is 0 Å². The van der Waals surface area contributed by atoms with E-state index in [2.05, 4.69) is 10.5 Å². The molecule has 0 radical (unpaired) electrons. The summed E-state index contributed by atoms with van der Waals surface area (Å²) in [7, 11) is 0. The van der Waals surface area contributed by atoms with Crippen LogP contribution in [0.4, 0.5) is 27.6 Å². The largest absolute Gasteiger partial charge is 0.418 e. The Labute approximate surface area is 123 Å². The summed E-state index contributed by atoms with van der Waals surface area (Å²) in [6.07, 6.45) is -4.54. The normalized spacial score (nSPS) is 12.4. The van der Waals surface area contributed by atoms with E-state index >= 15 is 0 Å². The van der Waals surface area contributed by atoms with Crippen molar-refractivity contribution in [3.63, 3.8) is 0 Å². The summed E-state index contributed by atoms with van der Waals surface area (Å²) in [4.78, 5) is 0. The zero-order valence-corrected chi connectivity index (χ0v) is 11.4. The molecule has 0 saturated heterocycles. The van der Waals surface area contributed by atoms with Crippen LogP contribution in [0.15, 0.2) is 47.6 Å². The Morgan fingerprint density at radius 3 is 2.41 bits per heavy atom. The first-order chi connectivity index (χ1) is 10.3. The number of hydrogen-bond donors (Lipinski definition) is 1. The van der Waals surface area contributed by atoms with Gasteiger partial charge < -0.3 is 0 Å². The van der Waals surface area contributed by atoms with Crippen LogP contribution in [0.3, 0.4) is 0 Å². The van der Waals surface area contributed by atoms with E-state index < -0.39 is 23.4 Å². The van der Waals surface area contributed by atoms with Crippen molar-refractivity contribution < 1.29 is 22.0 Å². The first-order valence-corrected chi connectivity index (χ1v) is 6.21. The van der Waals surface area contributed by atoms with Crippen LogP contribution in [-0.2, 0) is 6.18 Å². The summed E-state index contributed by atoms with van der Waals surface area (Å²) in [6.45, 7) is 1.36. The van der Waals surface area contributed by atoms with Gasteiger partial charge in [0.15, 0.2) is 0 Å². The SMILES string of the molecule is C/C(=N/Nc1ccccc1C(F)(F)F)c1cc(F)ccc1F. The van der Waals surface area contributed by atoms with E-state index in [-0.39, 0.29) is 17.0 Å². The van der Waals surface area contributed by atoms with Gasteiger partial charge in [-0.3, -0.25) is 5.43 Å². The standard InChI is InChI=1S/C15H11F5N2/c1-9(11-8-10(16)6-7-13(11)17)21-22-14-5-3-2-4-12(14)15(18,19)20/h2-8,22H,1H3/b21-9-. The van der Waals surface area contributed by atoms with E-state index in [0.29, 0.717) is 0 Å². The molecule has 0 aliphatic heterocycles. The lowest BCUT2D eigenvalue weighted by Gasteiger charge is -2.12. The number of rotatable bonds is 3. The number of anilines is 1. The van der Waals surface area contributed by atoms with Gasteiger partial charge in [0.1, 0.15) is 11.6 Å². The van der Waals surface area contributed by atoms with Crippen LogP contribution in [0, 0.1) is 11.6 Å². The van der Waals surface area contributed by atoms with Gasteiger partial charge in [-0.05, 0) is 37.3 Å². The number of benzene rings is 2. The van der Waals surface area contributed by atoms with E-state index in [1.54, 1.807) is 0 Å². The number of alkyl halides is 3. The molecule has 0 saturated carbocycles. The van der Waals surface area contributed by atoms with Crippen molar-refractivity contribution in [2.24, 2.45) is 5.10 Å². The molecular formula is C15H11F5N2. The molecule has 1 N–H and O–H groups in total. The second-order valence-corrected chi connectivity index (χ2v) is 4.48. The molecular weight excluding hydrogens is 303 g/mol. The zero-order valence-electron chi connectivity index (χ0n) is 11.4. The molecule has 0 aliphatic rings. The summed E-state index contributed by atoms with van der Waals surface area (Å²) in [5, 5.41) is 3.70. The fourth-order valence-corrected chi connectivity index (χ4v) is 1.81. The smallest absolute Gasteiger partial charge is 0.278 e. The number of para-hydroxylation sites is 1. The first-order valence-electron chi connectivity index (χ1n) is 6.21. The molecule has 2 aromatic rings. The molecule has 0 unspecified atom stereocenters. The van der Waals surface area contributed by atoms with Crippen LogP contribution in [0.1, 0.15) is 18.1 Å². The summed E-state index contributed by atoms with van der Waals surface area (Å²) in [6, 6.07) is 7.54. The molecule has 22 heavy (non-hydrogen) atoms. The predicted molar refractivity (Wildman–Crippen MR) is 73.6 cm³/mol. The number of hydrogen-bond acceptors (Lipinski definition) is 2. The second-order valence-electron chi connectivity index (χ2n) is 4.48. The highest BCUT2D eigenvalue weighted by molar-refractivity contribution is 5.99. The third-order valence-corrected chi connectivity index (χ3v) is 2.89. The van der Waals surface area contributed by atoms with Gasteiger partial charge in [0.2, 0.25) is 0 Å². The second kappa shape index (κ2) is 6.13. The minimum Gasteiger partial charge on any atom is -0.278 e. The Morgan fingerprint density at radius 2 is 1.73 bits per heavy atom. The summed E-state index contributed by atoms with van der Waals surface area (Å²) >= 11 is 0. The van der Waals surface area contributed by atoms with Crippen LogP contribution < -0.4 is 5.43 Å². The van der Waals surface area contributed by atoms with E-state index in [1.807, 2.05) is 0 Å². The number of nitrogens with one attached hydrogen (secondary N) is 1. The van der Waals surface area contributed by atoms with Crippen molar-refractivity contribution in [1.82, 2.24) is 0 Å². The molecule has 116 valence electrons. The number of nitrogens with zero attached hydrogens (tertiary/aromatic N) is 1. The Balaban J connectivity index is 2.31. The molecule has 7 heteroatoms. The van der Waals surface area contributed by atoms with Crippen molar-refractivity contribution in [2.75, 3.05) is 5.43 Å². The van der Waals surface area contributed by atoms with Crippen molar-refractivity contribution in [1.29, 1.82) is 0 Å². The topological polar surface area (TPSA) is 24.4 Å². The van der Waals surface area contributed by atoms with Crippen LogP contribution in [0.5, 0.6) is 0 Å². The maximum absolute atomic E-state index is 13.6. The van der Waals surface area contributed by atoms with Crippen molar-refractivity contribution >= 4 is 11.4 Å². The lowest BCUT2D eigenvalue weighted by molar-refractivity contribution is -0.136. The molecule has 0 heterocycles. The van der Waals surface area contributed by atoms with E-state index in [4.69, 9.17) is 0 Å². The minimum atomic E-state index is -4.54. The third kappa shape index (κ3) is 3.60. The van der Waals surface area contributed by atoms with Gasteiger partial charge >= 0.3 is 6.18 Å². The highest BCUT2D eigenvalue weighted by Gasteiger charge is 2.33. The van der Waals surface area contributed by atoms with Crippen molar-refractivity contribution in [3.8, 4) is 0 Å². The minimum absolute atomic E-state index is 0.0222. The van der Waals surface area contributed by atoms with Gasteiger partial charge in [0, 0.05) is 5.56 Å². The average Bonchev–Trinajstić information content (AvgIpc) is 2.46. The summed E-state index contributed by atoms with van der Waals surface area (Å²) in [5.41, 5.74) is 0.969. The van der Waals surface area contributed by atoms with E-state index in [1.165, 1.54) is 25.1 Å². The molecule has 2 aromatic carbocycles. The molecule has 0 atom stereocenters. The van der Waals surface area contributed by atoms with Gasteiger partial charge in [-0.1, -0.05) is 12.1 Å². The monoisotopic (exact) mass is 314 g/mol. The molecule has 0 amide bonds. The van der Waals surface area contributed by atoms with E-state index in [9.17, 15) is 22.0 Å². The molecule has 0 fully saturated rings. The predicted octanol–water partition coefficient (Wildman–Crippen LogP) is 4.82. The third-order valence-electron chi connectivity index (χ3n) is 2.89. The molecule has 0 aliphatic carbocycles.